The molecule has 0 aliphatic heterocycles. The molecule has 0 saturated heterocycles. The Morgan fingerprint density at radius 3 is 2.08 bits per heavy atom. The molecule has 6 atom stereocenters. The van der Waals surface area contributed by atoms with Crippen LogP contribution in [0.15, 0.2) is 18.2 Å². The van der Waals surface area contributed by atoms with Crippen LogP contribution in [0.3, 0.4) is 0 Å². The number of hydrogen-bond acceptors (Lipinski definition) is 8. The van der Waals surface area contributed by atoms with Gasteiger partial charge in [-0.05, 0) is 6.07 Å². The second kappa shape index (κ2) is 8.52. The predicted octanol–water partition coefficient (Wildman–Crippen LogP) is -2.31. The van der Waals surface area contributed by atoms with E-state index in [0.29, 0.717) is 17.1 Å². The van der Waals surface area contributed by atoms with Gasteiger partial charge in [-0.2, -0.15) is 0 Å². The Labute approximate surface area is 150 Å². The van der Waals surface area contributed by atoms with Gasteiger partial charge in [-0.15, -0.1) is 0 Å². The maximum atomic E-state index is 12.1. The van der Waals surface area contributed by atoms with E-state index < -0.39 is 42.6 Å². The summed E-state index contributed by atoms with van der Waals surface area (Å²) in [6.45, 7) is 0.0544. The normalized spacial score (nSPS) is 31.2. The van der Waals surface area contributed by atoms with Crippen molar-refractivity contribution in [3.8, 4) is 11.5 Å². The van der Waals surface area contributed by atoms with E-state index in [0.717, 1.165) is 0 Å². The van der Waals surface area contributed by atoms with Gasteiger partial charge in [0.1, 0.15) is 30.5 Å². The molecule has 0 radical (unpaired) electrons. The molecule has 0 spiro atoms. The standard InChI is InChI=1S/C16H24N2O8/c1-25-8-5-3-4-7(15(8)26-2)6-17-16(24)18-9-10(19)12(21)14(23)13(22)11(9)20/h3-5,9-14,19-23H,6H2,1-2H3,(H2,17,18,24)/t9?,10-,11+,12+,13-,14?. The second-order valence-corrected chi connectivity index (χ2v) is 5.96. The number of urea groups is 1. The number of carbonyl (C=O) groups excluding carboxylic acids is 1. The zero-order valence-corrected chi connectivity index (χ0v) is 14.4. The summed E-state index contributed by atoms with van der Waals surface area (Å²) >= 11 is 0. The summed E-state index contributed by atoms with van der Waals surface area (Å²) in [4.78, 5) is 12.1. The monoisotopic (exact) mass is 372 g/mol. The van der Waals surface area contributed by atoms with Crippen molar-refractivity contribution in [1.29, 1.82) is 0 Å². The number of benzene rings is 1. The van der Waals surface area contributed by atoms with E-state index in [2.05, 4.69) is 10.6 Å². The summed E-state index contributed by atoms with van der Waals surface area (Å²) in [6, 6.07) is 3.02. The third kappa shape index (κ3) is 4.00. The molecule has 0 bridgehead atoms. The lowest BCUT2D eigenvalue weighted by Crippen LogP contribution is -2.68. The molecule has 1 fully saturated rings. The number of carbonyl (C=O) groups is 1. The number of amides is 2. The van der Waals surface area contributed by atoms with E-state index in [4.69, 9.17) is 9.47 Å². The van der Waals surface area contributed by atoms with Crippen LogP contribution in [0.4, 0.5) is 4.79 Å². The van der Waals surface area contributed by atoms with E-state index in [1.54, 1.807) is 18.2 Å². The van der Waals surface area contributed by atoms with Gasteiger partial charge >= 0.3 is 6.03 Å². The van der Waals surface area contributed by atoms with Crippen molar-refractivity contribution < 1.29 is 39.8 Å². The number of rotatable bonds is 5. The smallest absolute Gasteiger partial charge is 0.315 e. The summed E-state index contributed by atoms with van der Waals surface area (Å²) < 4.78 is 10.4. The molecule has 1 aromatic rings. The number of para-hydroxylation sites is 1. The van der Waals surface area contributed by atoms with Crippen LogP contribution >= 0.6 is 0 Å². The number of nitrogens with one attached hydrogen (secondary N) is 2. The Morgan fingerprint density at radius 2 is 1.54 bits per heavy atom. The van der Waals surface area contributed by atoms with Crippen LogP contribution in [0.2, 0.25) is 0 Å². The summed E-state index contributed by atoms with van der Waals surface area (Å²) in [5, 5.41) is 53.5. The molecule has 2 unspecified atom stereocenters. The largest absolute Gasteiger partial charge is 0.493 e. The van der Waals surface area contributed by atoms with Crippen molar-refractivity contribution in [2.24, 2.45) is 0 Å². The fourth-order valence-corrected chi connectivity index (χ4v) is 2.87. The highest BCUT2D eigenvalue weighted by Gasteiger charge is 2.48. The Bertz CT molecular complexity index is 612. The Morgan fingerprint density at radius 1 is 0.962 bits per heavy atom. The number of hydrogen-bond donors (Lipinski definition) is 7. The minimum atomic E-state index is -1.72. The minimum absolute atomic E-state index is 0.0544. The van der Waals surface area contributed by atoms with Gasteiger partial charge in [0.25, 0.3) is 0 Å². The average Bonchev–Trinajstić information content (AvgIpc) is 2.65. The third-order valence-corrected chi connectivity index (χ3v) is 4.36. The Balaban J connectivity index is 2.01. The lowest BCUT2D eigenvalue weighted by atomic mass is 9.83. The Hall–Kier alpha value is -2.11. The van der Waals surface area contributed by atoms with E-state index >= 15 is 0 Å². The number of methoxy groups -OCH3 is 2. The second-order valence-electron chi connectivity index (χ2n) is 5.96. The molecule has 1 aliphatic rings. The molecular weight excluding hydrogens is 348 g/mol. The van der Waals surface area contributed by atoms with E-state index in [1.807, 2.05) is 0 Å². The van der Waals surface area contributed by atoms with Crippen molar-refractivity contribution in [1.82, 2.24) is 10.6 Å². The number of aliphatic hydroxyl groups excluding tert-OH is 5. The summed E-state index contributed by atoms with van der Waals surface area (Å²) in [5.74, 6) is 0.938. The maximum absolute atomic E-state index is 12.1. The molecule has 0 aromatic heterocycles. The van der Waals surface area contributed by atoms with E-state index in [9.17, 15) is 30.3 Å². The van der Waals surface area contributed by atoms with Crippen LogP contribution in [0.1, 0.15) is 5.56 Å². The first-order chi connectivity index (χ1) is 12.3. The van der Waals surface area contributed by atoms with Gasteiger partial charge in [0.15, 0.2) is 11.5 Å². The Kier molecular flexibility index (Phi) is 6.62. The summed E-state index contributed by atoms with van der Waals surface area (Å²) in [7, 11) is 2.95. The topological polar surface area (TPSA) is 161 Å². The number of aliphatic hydroxyl groups is 5. The van der Waals surface area contributed by atoms with E-state index in [-0.39, 0.29) is 6.54 Å². The molecule has 1 aromatic carbocycles. The van der Waals surface area contributed by atoms with Gasteiger partial charge in [0.2, 0.25) is 0 Å². The van der Waals surface area contributed by atoms with Crippen LogP contribution in [0.25, 0.3) is 0 Å². The van der Waals surface area contributed by atoms with Gasteiger partial charge in [-0.25, -0.2) is 4.79 Å². The van der Waals surface area contributed by atoms with Gasteiger partial charge in [0.05, 0.1) is 20.3 Å². The minimum Gasteiger partial charge on any atom is -0.493 e. The van der Waals surface area contributed by atoms with Crippen LogP contribution < -0.4 is 20.1 Å². The molecular formula is C16H24N2O8. The fourth-order valence-electron chi connectivity index (χ4n) is 2.87. The molecule has 26 heavy (non-hydrogen) atoms. The van der Waals surface area contributed by atoms with Crippen LogP contribution in [-0.2, 0) is 6.54 Å². The maximum Gasteiger partial charge on any atom is 0.315 e. The molecule has 1 aliphatic carbocycles. The molecule has 146 valence electrons. The highest BCUT2D eigenvalue weighted by Crippen LogP contribution is 2.30. The lowest BCUT2D eigenvalue weighted by molar-refractivity contribution is -0.188. The molecule has 2 rings (SSSR count). The van der Waals surface area contributed by atoms with Crippen molar-refractivity contribution in [2.45, 2.75) is 43.1 Å². The van der Waals surface area contributed by atoms with Crippen molar-refractivity contribution in [3.63, 3.8) is 0 Å². The molecule has 2 amide bonds. The average molecular weight is 372 g/mol. The molecule has 10 nitrogen and oxygen atoms in total. The highest BCUT2D eigenvalue weighted by atomic mass is 16.5. The highest BCUT2D eigenvalue weighted by molar-refractivity contribution is 5.74. The SMILES string of the molecule is COc1cccc(CNC(=O)NC2[C@@H](O)[C@H](O)C(O)[C@H](O)[C@H]2O)c1OC. The van der Waals surface area contributed by atoms with Gasteiger partial charge in [-0.3, -0.25) is 0 Å². The molecule has 10 heteroatoms. The fraction of sp³-hybridized carbons (Fsp3) is 0.562. The molecule has 1 saturated carbocycles. The van der Waals surface area contributed by atoms with Crippen molar-refractivity contribution in [2.75, 3.05) is 14.2 Å². The zero-order valence-electron chi connectivity index (χ0n) is 14.4. The zero-order chi connectivity index (χ0) is 19.4. The predicted molar refractivity (Wildman–Crippen MR) is 88.7 cm³/mol. The summed E-state index contributed by atoms with van der Waals surface area (Å²) in [5.41, 5.74) is 0.627. The lowest BCUT2D eigenvalue weighted by Gasteiger charge is -2.41. The quantitative estimate of drug-likeness (QED) is 0.303. The first-order valence-corrected chi connectivity index (χ1v) is 7.96. The number of ether oxygens (including phenoxy) is 2. The van der Waals surface area contributed by atoms with Gasteiger partial charge in [0, 0.05) is 12.1 Å². The van der Waals surface area contributed by atoms with Crippen LogP contribution in [0.5, 0.6) is 11.5 Å². The van der Waals surface area contributed by atoms with Crippen molar-refractivity contribution >= 4 is 6.03 Å². The van der Waals surface area contributed by atoms with Crippen LogP contribution in [-0.4, -0.2) is 82.3 Å². The first kappa shape index (κ1) is 20.2. The molecule has 0 heterocycles. The third-order valence-electron chi connectivity index (χ3n) is 4.36. The van der Waals surface area contributed by atoms with Gasteiger partial charge in [-0.1, -0.05) is 12.1 Å². The first-order valence-electron chi connectivity index (χ1n) is 7.96. The van der Waals surface area contributed by atoms with Crippen molar-refractivity contribution in [3.05, 3.63) is 23.8 Å². The van der Waals surface area contributed by atoms with Crippen LogP contribution in [0, 0.1) is 0 Å². The summed E-state index contributed by atoms with van der Waals surface area (Å²) in [6.07, 6.45) is -8.45. The molecule has 7 N–H and O–H groups in total. The van der Waals surface area contributed by atoms with E-state index in [1.165, 1.54) is 14.2 Å². The van der Waals surface area contributed by atoms with Gasteiger partial charge < -0.3 is 45.6 Å².